The molecule has 1 fully saturated rings. The first-order chi connectivity index (χ1) is 12.4. The molecule has 7 heteroatoms. The van der Waals surface area contributed by atoms with Crippen LogP contribution in [0.3, 0.4) is 0 Å². The highest BCUT2D eigenvalue weighted by atomic mass is 16.6. The molecule has 1 aliphatic heterocycles. The van der Waals surface area contributed by atoms with Gasteiger partial charge in [-0.1, -0.05) is 12.8 Å². The number of nitrogens with zero attached hydrogens (tertiary/aromatic N) is 3. The van der Waals surface area contributed by atoms with E-state index < -0.39 is 11.7 Å². The van der Waals surface area contributed by atoms with Gasteiger partial charge in [-0.05, 0) is 39.7 Å². The van der Waals surface area contributed by atoms with Crippen molar-refractivity contribution in [3.8, 4) is 0 Å². The second-order valence-electron chi connectivity index (χ2n) is 7.78. The highest BCUT2D eigenvalue weighted by Crippen LogP contribution is 2.29. The predicted molar refractivity (Wildman–Crippen MR) is 102 cm³/mol. The topological polar surface area (TPSA) is 79.1 Å². The van der Waals surface area contributed by atoms with Crippen LogP contribution in [0.25, 0.3) is 5.65 Å². The number of aliphatic hydroxyl groups excluding tert-OH is 1. The molecule has 2 N–H and O–H groups in total. The molecule has 2 aromatic rings. The molecule has 0 aromatic carbocycles. The molecule has 142 valence electrons. The third-order valence-electron chi connectivity index (χ3n) is 4.53. The van der Waals surface area contributed by atoms with Gasteiger partial charge < -0.3 is 19.1 Å². The number of ether oxygens (including phenoxy) is 1. The third kappa shape index (κ3) is 4.27. The fourth-order valence-corrected chi connectivity index (χ4v) is 3.39. The fourth-order valence-electron chi connectivity index (χ4n) is 3.39. The number of carbonyl (C=O) groups is 1. The molecule has 3 rings (SSSR count). The van der Waals surface area contributed by atoms with E-state index in [4.69, 9.17) is 4.74 Å². The van der Waals surface area contributed by atoms with Crippen molar-refractivity contribution in [1.82, 2.24) is 9.38 Å². The zero-order valence-electron chi connectivity index (χ0n) is 15.7. The molecular weight excluding hydrogens is 332 g/mol. The SMILES string of the molecule is CC(C)(C)OC(=O)Nc1cc(N2CCCCCC2CO)cn2ccnc12. The maximum absolute atomic E-state index is 12.2. The zero-order chi connectivity index (χ0) is 18.7. The van der Waals surface area contributed by atoms with Gasteiger partial charge in [0.1, 0.15) is 5.60 Å². The van der Waals surface area contributed by atoms with Gasteiger partial charge in [-0.25, -0.2) is 9.78 Å². The van der Waals surface area contributed by atoms with E-state index in [1.165, 1.54) is 6.42 Å². The number of fused-ring (bicyclic) bond motifs is 1. The van der Waals surface area contributed by atoms with Gasteiger partial charge in [-0.2, -0.15) is 0 Å². The highest BCUT2D eigenvalue weighted by Gasteiger charge is 2.23. The summed E-state index contributed by atoms with van der Waals surface area (Å²) in [5, 5.41) is 12.6. The first-order valence-electron chi connectivity index (χ1n) is 9.21. The molecule has 0 radical (unpaired) electrons. The number of aromatic nitrogens is 2. The maximum atomic E-state index is 12.2. The number of carbonyl (C=O) groups excluding carboxylic acids is 1. The largest absolute Gasteiger partial charge is 0.444 e. The molecule has 0 bridgehead atoms. The van der Waals surface area contributed by atoms with Crippen LogP contribution in [0.15, 0.2) is 24.7 Å². The standard InChI is InChI=1S/C19H28N4O3/c1-19(2,3)26-18(25)21-16-11-15(12-22-10-8-20-17(16)22)23-9-6-4-5-7-14(23)13-24/h8,10-12,14,24H,4-7,9,13H2,1-3H3,(H,21,25). The first kappa shape index (κ1) is 18.5. The molecule has 0 aliphatic carbocycles. The Morgan fingerprint density at radius 2 is 2.19 bits per heavy atom. The minimum absolute atomic E-state index is 0.0906. The highest BCUT2D eigenvalue weighted by molar-refractivity contribution is 5.91. The predicted octanol–water partition coefficient (Wildman–Crippen LogP) is 3.42. The van der Waals surface area contributed by atoms with Crippen molar-refractivity contribution in [2.24, 2.45) is 0 Å². The van der Waals surface area contributed by atoms with Crippen LogP contribution in [-0.2, 0) is 4.74 Å². The second kappa shape index (κ2) is 7.53. The lowest BCUT2D eigenvalue weighted by Gasteiger charge is -2.31. The molecule has 26 heavy (non-hydrogen) atoms. The number of hydrogen-bond donors (Lipinski definition) is 2. The van der Waals surface area contributed by atoms with Crippen LogP contribution in [0.2, 0.25) is 0 Å². The van der Waals surface area contributed by atoms with Crippen LogP contribution in [-0.4, -0.2) is 45.4 Å². The van der Waals surface area contributed by atoms with Crippen molar-refractivity contribution in [2.75, 3.05) is 23.4 Å². The average molecular weight is 360 g/mol. The Morgan fingerprint density at radius 3 is 2.92 bits per heavy atom. The molecule has 3 heterocycles. The minimum Gasteiger partial charge on any atom is -0.444 e. The molecule has 1 aliphatic rings. The van der Waals surface area contributed by atoms with E-state index in [0.717, 1.165) is 31.5 Å². The maximum Gasteiger partial charge on any atom is 0.412 e. The molecule has 1 amide bonds. The van der Waals surface area contributed by atoms with E-state index in [0.29, 0.717) is 11.3 Å². The van der Waals surface area contributed by atoms with Crippen molar-refractivity contribution in [3.05, 3.63) is 24.7 Å². The Balaban J connectivity index is 1.93. The van der Waals surface area contributed by atoms with Gasteiger partial charge in [0.05, 0.1) is 24.0 Å². The number of amides is 1. The summed E-state index contributed by atoms with van der Waals surface area (Å²) >= 11 is 0. The van der Waals surface area contributed by atoms with Crippen molar-refractivity contribution in [3.63, 3.8) is 0 Å². The minimum atomic E-state index is -0.569. The van der Waals surface area contributed by atoms with Crippen molar-refractivity contribution in [2.45, 2.75) is 58.1 Å². The van der Waals surface area contributed by atoms with E-state index >= 15 is 0 Å². The number of nitrogens with one attached hydrogen (secondary N) is 1. The summed E-state index contributed by atoms with van der Waals surface area (Å²) in [6, 6.07) is 2.01. The summed E-state index contributed by atoms with van der Waals surface area (Å²) in [5.41, 5.74) is 1.65. The molecule has 0 spiro atoms. The van der Waals surface area contributed by atoms with Crippen LogP contribution in [0.5, 0.6) is 0 Å². The monoisotopic (exact) mass is 360 g/mol. The van der Waals surface area contributed by atoms with Crippen molar-refractivity contribution < 1.29 is 14.6 Å². The number of anilines is 2. The lowest BCUT2D eigenvalue weighted by atomic mass is 10.1. The molecule has 1 atom stereocenters. The number of hydrogen-bond acceptors (Lipinski definition) is 5. The van der Waals surface area contributed by atoms with Gasteiger partial charge in [0.15, 0.2) is 5.65 Å². The molecule has 7 nitrogen and oxygen atoms in total. The Bertz CT molecular complexity index is 766. The smallest absolute Gasteiger partial charge is 0.412 e. The van der Waals surface area contributed by atoms with Gasteiger partial charge in [-0.3, -0.25) is 5.32 Å². The Hall–Kier alpha value is -2.28. The van der Waals surface area contributed by atoms with Gasteiger partial charge in [0.25, 0.3) is 0 Å². The molecule has 0 saturated carbocycles. The Kier molecular flexibility index (Phi) is 5.36. The molecule has 1 unspecified atom stereocenters. The molecule has 2 aromatic heterocycles. The van der Waals surface area contributed by atoms with Gasteiger partial charge in [0.2, 0.25) is 0 Å². The first-order valence-corrected chi connectivity index (χ1v) is 9.21. The number of aliphatic hydroxyl groups is 1. The van der Waals surface area contributed by atoms with E-state index in [9.17, 15) is 9.90 Å². The van der Waals surface area contributed by atoms with Crippen molar-refractivity contribution >= 4 is 23.1 Å². The van der Waals surface area contributed by atoms with Crippen LogP contribution in [0, 0.1) is 0 Å². The van der Waals surface area contributed by atoms with Gasteiger partial charge in [0, 0.05) is 25.1 Å². The Morgan fingerprint density at radius 1 is 1.38 bits per heavy atom. The van der Waals surface area contributed by atoms with Crippen LogP contribution >= 0.6 is 0 Å². The van der Waals surface area contributed by atoms with Gasteiger partial charge in [-0.15, -0.1) is 0 Å². The molecule has 1 saturated heterocycles. The normalized spacial score (nSPS) is 18.6. The van der Waals surface area contributed by atoms with E-state index in [-0.39, 0.29) is 12.6 Å². The third-order valence-corrected chi connectivity index (χ3v) is 4.53. The summed E-state index contributed by atoms with van der Waals surface area (Å²) in [6.07, 6.45) is 9.39. The quantitative estimate of drug-likeness (QED) is 0.877. The summed E-state index contributed by atoms with van der Waals surface area (Å²) in [4.78, 5) is 18.8. The number of pyridine rings is 1. The van der Waals surface area contributed by atoms with E-state index in [1.54, 1.807) is 6.20 Å². The lowest BCUT2D eigenvalue weighted by molar-refractivity contribution is 0.0636. The average Bonchev–Trinajstić information content (AvgIpc) is 2.89. The van der Waals surface area contributed by atoms with Crippen LogP contribution in [0.1, 0.15) is 46.5 Å². The van der Waals surface area contributed by atoms with Crippen LogP contribution < -0.4 is 10.2 Å². The summed E-state index contributed by atoms with van der Waals surface area (Å²) in [6.45, 7) is 6.50. The zero-order valence-corrected chi connectivity index (χ0v) is 15.7. The van der Waals surface area contributed by atoms with Crippen molar-refractivity contribution in [1.29, 1.82) is 0 Å². The summed E-state index contributed by atoms with van der Waals surface area (Å²) < 4.78 is 7.26. The van der Waals surface area contributed by atoms with Gasteiger partial charge >= 0.3 is 6.09 Å². The van der Waals surface area contributed by atoms with E-state index in [1.807, 2.05) is 43.6 Å². The number of rotatable bonds is 3. The lowest BCUT2D eigenvalue weighted by Crippen LogP contribution is -2.37. The number of imidazole rings is 1. The second-order valence-corrected chi connectivity index (χ2v) is 7.78. The fraction of sp³-hybridized carbons (Fsp3) is 0.579. The molecular formula is C19H28N4O3. The summed E-state index contributed by atoms with van der Waals surface area (Å²) in [7, 11) is 0. The van der Waals surface area contributed by atoms with Crippen LogP contribution in [0.4, 0.5) is 16.2 Å². The Labute approximate surface area is 154 Å². The van der Waals surface area contributed by atoms with E-state index in [2.05, 4.69) is 15.2 Å². The summed E-state index contributed by atoms with van der Waals surface area (Å²) in [5.74, 6) is 0.